The minimum absolute atomic E-state index is 0.0144. The standard InChI is InChI=1S/C14H25N3O2/c1-16-11-3-4-12(16)10-14(9-11,13(18)19-2)17-7-5-15-6-8-17/h11-12,15H,3-10H2,1-2H3. The Labute approximate surface area is 115 Å². The molecule has 0 aromatic rings. The average Bonchev–Trinajstić information content (AvgIpc) is 2.69. The van der Waals surface area contributed by atoms with E-state index in [4.69, 9.17) is 4.74 Å². The van der Waals surface area contributed by atoms with Crippen LogP contribution in [0.2, 0.25) is 0 Å². The number of nitrogens with one attached hydrogen (secondary N) is 1. The van der Waals surface area contributed by atoms with Crippen molar-refractivity contribution in [3.63, 3.8) is 0 Å². The van der Waals surface area contributed by atoms with Gasteiger partial charge in [-0.15, -0.1) is 0 Å². The van der Waals surface area contributed by atoms with Crippen molar-refractivity contribution in [3.8, 4) is 0 Å². The van der Waals surface area contributed by atoms with Crippen LogP contribution in [0, 0.1) is 0 Å². The zero-order valence-corrected chi connectivity index (χ0v) is 12.0. The number of carbonyl (C=O) groups excluding carboxylic acids is 1. The lowest BCUT2D eigenvalue weighted by Gasteiger charge is -2.50. The highest BCUT2D eigenvalue weighted by Crippen LogP contribution is 2.43. The van der Waals surface area contributed by atoms with Crippen LogP contribution >= 0.6 is 0 Å². The van der Waals surface area contributed by atoms with E-state index in [1.165, 1.54) is 20.0 Å². The number of esters is 1. The zero-order chi connectivity index (χ0) is 13.5. The van der Waals surface area contributed by atoms with Gasteiger partial charge < -0.3 is 15.0 Å². The number of fused-ring (bicyclic) bond motifs is 2. The van der Waals surface area contributed by atoms with E-state index >= 15 is 0 Å². The maximum absolute atomic E-state index is 12.5. The topological polar surface area (TPSA) is 44.8 Å². The van der Waals surface area contributed by atoms with Crippen molar-refractivity contribution in [1.29, 1.82) is 0 Å². The number of piperazine rings is 1. The van der Waals surface area contributed by atoms with Crippen LogP contribution in [0.3, 0.4) is 0 Å². The van der Waals surface area contributed by atoms with Gasteiger partial charge in [0.1, 0.15) is 5.54 Å². The third kappa shape index (κ3) is 2.08. The summed E-state index contributed by atoms with van der Waals surface area (Å²) in [5.41, 5.74) is -0.366. The summed E-state index contributed by atoms with van der Waals surface area (Å²) >= 11 is 0. The summed E-state index contributed by atoms with van der Waals surface area (Å²) in [7, 11) is 3.74. The van der Waals surface area contributed by atoms with Crippen LogP contribution in [0.25, 0.3) is 0 Å². The molecule has 0 radical (unpaired) electrons. The summed E-state index contributed by atoms with van der Waals surface area (Å²) in [5.74, 6) is -0.0144. The molecule has 5 nitrogen and oxygen atoms in total. The summed E-state index contributed by atoms with van der Waals surface area (Å²) in [4.78, 5) is 17.4. The number of hydrogen-bond donors (Lipinski definition) is 1. The Morgan fingerprint density at radius 2 is 1.79 bits per heavy atom. The Hall–Kier alpha value is -0.650. The molecule has 3 heterocycles. The number of rotatable bonds is 2. The average molecular weight is 267 g/mol. The van der Waals surface area contributed by atoms with Crippen molar-refractivity contribution in [3.05, 3.63) is 0 Å². The second kappa shape index (κ2) is 5.04. The SMILES string of the molecule is COC(=O)C1(N2CCNCC2)CC2CCC(C1)N2C. The first kappa shape index (κ1) is 13.3. The second-order valence-corrected chi connectivity index (χ2v) is 6.22. The number of ether oxygens (including phenoxy) is 1. The van der Waals surface area contributed by atoms with Crippen molar-refractivity contribution in [2.75, 3.05) is 40.3 Å². The quantitative estimate of drug-likeness (QED) is 0.717. The number of nitrogens with zero attached hydrogens (tertiary/aromatic N) is 2. The molecule has 3 saturated heterocycles. The van der Waals surface area contributed by atoms with Gasteiger partial charge in [0.05, 0.1) is 7.11 Å². The van der Waals surface area contributed by atoms with Gasteiger partial charge >= 0.3 is 5.97 Å². The lowest BCUT2D eigenvalue weighted by Crippen LogP contribution is -2.66. The normalized spacial score (nSPS) is 40.3. The lowest BCUT2D eigenvalue weighted by molar-refractivity contribution is -0.162. The summed E-state index contributed by atoms with van der Waals surface area (Å²) in [5, 5.41) is 3.37. The van der Waals surface area contributed by atoms with Gasteiger partial charge in [0, 0.05) is 38.3 Å². The Bertz CT molecular complexity index is 341. The van der Waals surface area contributed by atoms with Crippen LogP contribution in [0.5, 0.6) is 0 Å². The van der Waals surface area contributed by atoms with Crippen LogP contribution in [0.4, 0.5) is 0 Å². The molecule has 0 spiro atoms. The van der Waals surface area contributed by atoms with E-state index in [0.29, 0.717) is 12.1 Å². The molecule has 0 aromatic carbocycles. The van der Waals surface area contributed by atoms with E-state index in [0.717, 1.165) is 39.0 Å². The maximum Gasteiger partial charge on any atom is 0.326 e. The van der Waals surface area contributed by atoms with Crippen LogP contribution in [-0.4, -0.2) is 73.7 Å². The molecule has 0 aromatic heterocycles. The van der Waals surface area contributed by atoms with E-state index in [2.05, 4.69) is 22.2 Å². The van der Waals surface area contributed by atoms with Crippen LogP contribution < -0.4 is 5.32 Å². The highest BCUT2D eigenvalue weighted by Gasteiger charge is 2.54. The highest BCUT2D eigenvalue weighted by molar-refractivity contribution is 5.81. The molecule has 2 bridgehead atoms. The zero-order valence-electron chi connectivity index (χ0n) is 12.0. The molecule has 0 amide bonds. The minimum Gasteiger partial charge on any atom is -0.468 e. The molecule has 5 heteroatoms. The highest BCUT2D eigenvalue weighted by atomic mass is 16.5. The van der Waals surface area contributed by atoms with E-state index < -0.39 is 0 Å². The number of piperidine rings is 1. The van der Waals surface area contributed by atoms with E-state index in [9.17, 15) is 4.79 Å². The molecule has 0 saturated carbocycles. The summed E-state index contributed by atoms with van der Waals surface area (Å²) in [6, 6.07) is 1.10. The molecule has 2 atom stereocenters. The van der Waals surface area contributed by atoms with Gasteiger partial charge in [-0.3, -0.25) is 9.69 Å². The summed E-state index contributed by atoms with van der Waals surface area (Å²) in [6.07, 6.45) is 4.33. The second-order valence-electron chi connectivity index (χ2n) is 6.22. The first-order valence-corrected chi connectivity index (χ1v) is 7.43. The summed E-state index contributed by atoms with van der Waals surface area (Å²) in [6.45, 7) is 3.87. The molecule has 0 aliphatic carbocycles. The Kier molecular flexibility index (Phi) is 3.53. The number of carbonyl (C=O) groups is 1. The molecule has 3 fully saturated rings. The first-order chi connectivity index (χ1) is 9.17. The van der Waals surface area contributed by atoms with Crippen molar-refractivity contribution in [2.24, 2.45) is 0 Å². The van der Waals surface area contributed by atoms with Crippen molar-refractivity contribution in [1.82, 2.24) is 15.1 Å². The van der Waals surface area contributed by atoms with Gasteiger partial charge in [-0.1, -0.05) is 0 Å². The lowest BCUT2D eigenvalue weighted by atomic mass is 9.81. The predicted molar refractivity (Wildman–Crippen MR) is 73.0 cm³/mol. The van der Waals surface area contributed by atoms with Gasteiger partial charge in [-0.05, 0) is 32.7 Å². The third-order valence-electron chi connectivity index (χ3n) is 5.42. The largest absolute Gasteiger partial charge is 0.468 e. The molecular weight excluding hydrogens is 242 g/mol. The Morgan fingerprint density at radius 1 is 1.21 bits per heavy atom. The Morgan fingerprint density at radius 3 is 2.32 bits per heavy atom. The molecule has 108 valence electrons. The fourth-order valence-corrected chi connectivity index (χ4v) is 4.28. The van der Waals surface area contributed by atoms with Gasteiger partial charge in [0.2, 0.25) is 0 Å². The molecule has 3 rings (SSSR count). The fraction of sp³-hybridized carbons (Fsp3) is 0.929. The number of methoxy groups -OCH3 is 1. The molecule has 1 N–H and O–H groups in total. The number of hydrogen-bond acceptors (Lipinski definition) is 5. The Balaban J connectivity index is 1.87. The van der Waals surface area contributed by atoms with Crippen molar-refractivity contribution in [2.45, 2.75) is 43.3 Å². The molecule has 3 aliphatic heterocycles. The predicted octanol–water partition coefficient (Wildman–Crippen LogP) is 0.0600. The first-order valence-electron chi connectivity index (χ1n) is 7.43. The third-order valence-corrected chi connectivity index (χ3v) is 5.42. The van der Waals surface area contributed by atoms with E-state index in [1.807, 2.05) is 0 Å². The van der Waals surface area contributed by atoms with E-state index in [1.54, 1.807) is 0 Å². The van der Waals surface area contributed by atoms with Crippen molar-refractivity contribution >= 4 is 5.97 Å². The van der Waals surface area contributed by atoms with Crippen LogP contribution in [0.15, 0.2) is 0 Å². The minimum atomic E-state index is -0.366. The fourth-order valence-electron chi connectivity index (χ4n) is 4.28. The molecule has 19 heavy (non-hydrogen) atoms. The van der Waals surface area contributed by atoms with Gasteiger partial charge in [0.15, 0.2) is 0 Å². The monoisotopic (exact) mass is 267 g/mol. The molecule has 3 aliphatic rings. The van der Waals surface area contributed by atoms with Crippen molar-refractivity contribution < 1.29 is 9.53 Å². The van der Waals surface area contributed by atoms with Gasteiger partial charge in [-0.25, -0.2) is 0 Å². The smallest absolute Gasteiger partial charge is 0.326 e. The molecule has 2 unspecified atom stereocenters. The molecular formula is C14H25N3O2. The van der Waals surface area contributed by atoms with Crippen LogP contribution in [0.1, 0.15) is 25.7 Å². The van der Waals surface area contributed by atoms with E-state index in [-0.39, 0.29) is 11.5 Å². The van der Waals surface area contributed by atoms with Crippen LogP contribution in [-0.2, 0) is 9.53 Å². The maximum atomic E-state index is 12.5. The summed E-state index contributed by atoms with van der Waals surface area (Å²) < 4.78 is 5.19. The van der Waals surface area contributed by atoms with Gasteiger partial charge in [-0.2, -0.15) is 0 Å². The van der Waals surface area contributed by atoms with Gasteiger partial charge in [0.25, 0.3) is 0 Å².